The maximum absolute atomic E-state index is 11.5. The van der Waals surface area contributed by atoms with Gasteiger partial charge >= 0.3 is 0 Å². The molecule has 0 aliphatic carbocycles. The summed E-state index contributed by atoms with van der Waals surface area (Å²) in [5, 5.41) is 0. The van der Waals surface area contributed by atoms with Crippen molar-refractivity contribution in [2.75, 3.05) is 19.6 Å². The van der Waals surface area contributed by atoms with Crippen LogP contribution < -0.4 is 11.3 Å². The van der Waals surface area contributed by atoms with E-state index in [-0.39, 0.29) is 5.91 Å². The minimum atomic E-state index is -0.391. The average Bonchev–Trinajstić information content (AvgIpc) is 2.63. The van der Waals surface area contributed by atoms with Crippen LogP contribution in [0.15, 0.2) is 0 Å². The van der Waals surface area contributed by atoms with E-state index in [1.165, 1.54) is 12.8 Å². The Labute approximate surface area is 92.2 Å². The third kappa shape index (κ3) is 3.18. The molecule has 0 radical (unpaired) electrons. The molecule has 0 aromatic rings. The first-order chi connectivity index (χ1) is 6.99. The molecule has 1 unspecified atom stereocenters. The van der Waals surface area contributed by atoms with Crippen molar-refractivity contribution in [3.05, 3.63) is 0 Å². The summed E-state index contributed by atoms with van der Waals surface area (Å²) in [7, 11) is 0. The molecule has 1 saturated heterocycles. The van der Waals surface area contributed by atoms with Crippen LogP contribution in [0.3, 0.4) is 0 Å². The smallest absolute Gasteiger partial charge is 0.240 e. The van der Waals surface area contributed by atoms with Gasteiger partial charge in [0.15, 0.2) is 0 Å². The predicted octanol–water partition coefficient (Wildman–Crippen LogP) is 0.734. The zero-order valence-corrected chi connectivity index (χ0v) is 10.0. The summed E-state index contributed by atoms with van der Waals surface area (Å²) in [6, 6.07) is 0. The summed E-state index contributed by atoms with van der Waals surface area (Å²) < 4.78 is 0. The Kier molecular flexibility index (Phi) is 4.11. The van der Waals surface area contributed by atoms with Gasteiger partial charge in [0.1, 0.15) is 0 Å². The molecule has 0 spiro atoms. The number of carbonyl (C=O) groups is 1. The summed E-state index contributed by atoms with van der Waals surface area (Å²) in [6.07, 6.45) is 2.50. The molecular weight excluding hydrogens is 190 g/mol. The fourth-order valence-corrected chi connectivity index (χ4v) is 2.22. The first-order valence-electron chi connectivity index (χ1n) is 5.73. The van der Waals surface area contributed by atoms with Crippen LogP contribution in [-0.2, 0) is 4.79 Å². The van der Waals surface area contributed by atoms with Gasteiger partial charge in [0.2, 0.25) is 5.91 Å². The van der Waals surface area contributed by atoms with Crippen molar-refractivity contribution in [2.24, 2.45) is 17.2 Å². The van der Waals surface area contributed by atoms with Gasteiger partial charge in [-0.15, -0.1) is 0 Å². The Morgan fingerprint density at radius 1 is 1.60 bits per heavy atom. The number of hydrazine groups is 1. The Balaban J connectivity index is 2.45. The first kappa shape index (κ1) is 12.5. The average molecular weight is 213 g/mol. The lowest BCUT2D eigenvalue weighted by Crippen LogP contribution is -2.46. The van der Waals surface area contributed by atoms with Gasteiger partial charge in [-0.25, -0.2) is 5.84 Å². The van der Waals surface area contributed by atoms with E-state index in [1.807, 2.05) is 13.8 Å². The van der Waals surface area contributed by atoms with Crippen LogP contribution in [0, 0.1) is 11.3 Å². The first-order valence-corrected chi connectivity index (χ1v) is 5.73. The van der Waals surface area contributed by atoms with Crippen LogP contribution in [0.5, 0.6) is 0 Å². The van der Waals surface area contributed by atoms with Crippen molar-refractivity contribution < 1.29 is 4.79 Å². The van der Waals surface area contributed by atoms with Crippen molar-refractivity contribution >= 4 is 5.91 Å². The number of likely N-dealkylation sites (tertiary alicyclic amines) is 1. The van der Waals surface area contributed by atoms with E-state index >= 15 is 0 Å². The van der Waals surface area contributed by atoms with Crippen molar-refractivity contribution in [1.82, 2.24) is 10.3 Å². The van der Waals surface area contributed by atoms with E-state index < -0.39 is 5.41 Å². The van der Waals surface area contributed by atoms with Crippen LogP contribution in [0.25, 0.3) is 0 Å². The van der Waals surface area contributed by atoms with Crippen molar-refractivity contribution in [3.8, 4) is 0 Å². The molecule has 0 aromatic heterocycles. The molecule has 3 N–H and O–H groups in total. The van der Waals surface area contributed by atoms with E-state index in [4.69, 9.17) is 5.84 Å². The molecule has 1 amide bonds. The van der Waals surface area contributed by atoms with E-state index in [1.54, 1.807) is 0 Å². The van der Waals surface area contributed by atoms with Gasteiger partial charge < -0.3 is 4.90 Å². The molecule has 1 aliphatic heterocycles. The molecule has 4 heteroatoms. The normalized spacial score (nSPS) is 23.1. The molecule has 88 valence electrons. The molecule has 1 aliphatic rings. The lowest BCUT2D eigenvalue weighted by Gasteiger charge is -2.28. The number of hydrogen-bond acceptors (Lipinski definition) is 3. The second-order valence-corrected chi connectivity index (χ2v) is 5.16. The molecule has 1 heterocycles. The second-order valence-electron chi connectivity index (χ2n) is 5.16. The number of nitrogens with one attached hydrogen (secondary N) is 1. The standard InChI is InChI=1S/C11H23N3O/c1-4-9-5-6-14(7-9)8-11(2,3)10(15)13-12/h9H,4-8,12H2,1-3H3,(H,13,15). The number of nitrogens with zero attached hydrogens (tertiary/aromatic N) is 1. The highest BCUT2D eigenvalue weighted by Gasteiger charge is 2.32. The zero-order chi connectivity index (χ0) is 11.5. The molecule has 15 heavy (non-hydrogen) atoms. The largest absolute Gasteiger partial charge is 0.302 e. The monoisotopic (exact) mass is 213 g/mol. The number of rotatable bonds is 4. The van der Waals surface area contributed by atoms with Gasteiger partial charge in [-0.2, -0.15) is 0 Å². The predicted molar refractivity (Wildman–Crippen MR) is 60.9 cm³/mol. The molecule has 4 nitrogen and oxygen atoms in total. The van der Waals surface area contributed by atoms with E-state index in [0.717, 1.165) is 25.6 Å². The van der Waals surface area contributed by atoms with Gasteiger partial charge in [0, 0.05) is 13.1 Å². The van der Waals surface area contributed by atoms with Gasteiger partial charge in [-0.3, -0.25) is 10.2 Å². The zero-order valence-electron chi connectivity index (χ0n) is 10.0. The van der Waals surface area contributed by atoms with Crippen molar-refractivity contribution in [1.29, 1.82) is 0 Å². The maximum atomic E-state index is 11.5. The number of amides is 1. The topological polar surface area (TPSA) is 58.4 Å². The molecule has 0 bridgehead atoms. The van der Waals surface area contributed by atoms with E-state index in [2.05, 4.69) is 17.2 Å². The highest BCUT2D eigenvalue weighted by Crippen LogP contribution is 2.24. The summed E-state index contributed by atoms with van der Waals surface area (Å²) in [6.45, 7) is 9.14. The minimum Gasteiger partial charge on any atom is -0.302 e. The van der Waals surface area contributed by atoms with Gasteiger partial charge in [-0.1, -0.05) is 13.3 Å². The third-order valence-electron chi connectivity index (χ3n) is 3.31. The SMILES string of the molecule is CCC1CCN(CC(C)(C)C(=O)NN)C1. The van der Waals surface area contributed by atoms with Crippen LogP contribution in [-0.4, -0.2) is 30.4 Å². The molecule has 1 atom stereocenters. The Morgan fingerprint density at radius 2 is 2.27 bits per heavy atom. The third-order valence-corrected chi connectivity index (χ3v) is 3.31. The lowest BCUT2D eigenvalue weighted by molar-refractivity contribution is -0.130. The molecule has 1 fully saturated rings. The maximum Gasteiger partial charge on any atom is 0.240 e. The summed E-state index contributed by atoms with van der Waals surface area (Å²) >= 11 is 0. The summed E-state index contributed by atoms with van der Waals surface area (Å²) in [5.41, 5.74) is 1.85. The quantitative estimate of drug-likeness (QED) is 0.411. The lowest BCUT2D eigenvalue weighted by atomic mass is 9.92. The van der Waals surface area contributed by atoms with E-state index in [0.29, 0.717) is 0 Å². The van der Waals surface area contributed by atoms with Crippen molar-refractivity contribution in [2.45, 2.75) is 33.6 Å². The van der Waals surface area contributed by atoms with Gasteiger partial charge in [0.05, 0.1) is 5.41 Å². The van der Waals surface area contributed by atoms with Crippen LogP contribution >= 0.6 is 0 Å². The highest BCUT2D eigenvalue weighted by molar-refractivity contribution is 5.81. The molecular formula is C11H23N3O. The Bertz CT molecular complexity index is 228. The van der Waals surface area contributed by atoms with Crippen LogP contribution in [0.2, 0.25) is 0 Å². The van der Waals surface area contributed by atoms with Gasteiger partial charge in [-0.05, 0) is 32.7 Å². The fourth-order valence-electron chi connectivity index (χ4n) is 2.22. The molecule has 0 saturated carbocycles. The van der Waals surface area contributed by atoms with Crippen molar-refractivity contribution in [3.63, 3.8) is 0 Å². The summed E-state index contributed by atoms with van der Waals surface area (Å²) in [4.78, 5) is 13.9. The molecule has 0 aromatic carbocycles. The fraction of sp³-hybridized carbons (Fsp3) is 0.909. The second kappa shape index (κ2) is 4.94. The number of hydrogen-bond donors (Lipinski definition) is 2. The van der Waals surface area contributed by atoms with Crippen LogP contribution in [0.4, 0.5) is 0 Å². The Morgan fingerprint density at radius 3 is 2.73 bits per heavy atom. The summed E-state index contributed by atoms with van der Waals surface area (Å²) in [5.74, 6) is 5.89. The van der Waals surface area contributed by atoms with E-state index in [9.17, 15) is 4.79 Å². The minimum absolute atomic E-state index is 0.0811. The highest BCUT2D eigenvalue weighted by atomic mass is 16.2. The van der Waals surface area contributed by atoms with Crippen LogP contribution in [0.1, 0.15) is 33.6 Å². The number of carbonyl (C=O) groups excluding carboxylic acids is 1. The number of nitrogens with two attached hydrogens (primary N) is 1. The van der Waals surface area contributed by atoms with Gasteiger partial charge in [0.25, 0.3) is 0 Å². The Hall–Kier alpha value is -0.610. The molecule has 1 rings (SSSR count).